The molecule has 1 amide bonds. The van der Waals surface area contributed by atoms with Gasteiger partial charge in [-0.25, -0.2) is 0 Å². The second kappa shape index (κ2) is 3.16. The van der Waals surface area contributed by atoms with E-state index in [1.54, 1.807) is 13.0 Å². The summed E-state index contributed by atoms with van der Waals surface area (Å²) < 4.78 is 4.49. The average Bonchev–Trinajstić information content (AvgIpc) is 2.39. The van der Waals surface area contributed by atoms with Crippen molar-refractivity contribution < 1.29 is 9.32 Å². The Kier molecular flexibility index (Phi) is 2.22. The summed E-state index contributed by atoms with van der Waals surface area (Å²) in [6, 6.07) is 1.01. The Morgan fingerprint density at radius 1 is 1.91 bits per heavy atom. The molecule has 1 aromatic rings. The Labute approximate surface area is 63.5 Å². The van der Waals surface area contributed by atoms with Crippen LogP contribution in [0.2, 0.25) is 0 Å². The summed E-state index contributed by atoms with van der Waals surface area (Å²) in [4.78, 5) is 10.9. The minimum absolute atomic E-state index is 0.279. The number of nitrogens with two attached hydrogens (primary N) is 1. The molecular weight excluding hydrogens is 146 g/mol. The lowest BCUT2D eigenvalue weighted by Crippen LogP contribution is -2.32. The molecule has 0 aromatic carbocycles. The van der Waals surface area contributed by atoms with Crippen LogP contribution >= 0.6 is 0 Å². The van der Waals surface area contributed by atoms with Crippen LogP contribution in [0, 0.1) is 0 Å². The molecule has 0 saturated carbocycles. The van der Waals surface area contributed by atoms with Crippen LogP contribution in [0.25, 0.3) is 0 Å². The smallest absolute Gasteiger partial charge is 0.242 e. The van der Waals surface area contributed by atoms with E-state index in [-0.39, 0.29) is 5.91 Å². The summed E-state index contributed by atoms with van der Waals surface area (Å²) >= 11 is 0. The van der Waals surface area contributed by atoms with Crippen LogP contribution in [-0.4, -0.2) is 17.1 Å². The number of anilines is 1. The Balaban J connectivity index is 2.50. The number of hydrogen-bond acceptors (Lipinski definition) is 4. The topological polar surface area (TPSA) is 81.2 Å². The number of amides is 1. The van der Waals surface area contributed by atoms with E-state index in [0.29, 0.717) is 5.82 Å². The highest BCUT2D eigenvalue weighted by atomic mass is 16.5. The largest absolute Gasteiger partial charge is 0.363 e. The zero-order chi connectivity index (χ0) is 8.27. The monoisotopic (exact) mass is 155 g/mol. The van der Waals surface area contributed by atoms with Crippen molar-refractivity contribution in [2.75, 3.05) is 5.32 Å². The second-order valence-electron chi connectivity index (χ2n) is 2.16. The van der Waals surface area contributed by atoms with E-state index < -0.39 is 6.04 Å². The van der Waals surface area contributed by atoms with Gasteiger partial charge >= 0.3 is 0 Å². The lowest BCUT2D eigenvalue weighted by Gasteiger charge is -2.02. The number of aromatic nitrogens is 1. The van der Waals surface area contributed by atoms with Gasteiger partial charge in [-0.05, 0) is 6.92 Å². The van der Waals surface area contributed by atoms with Crippen LogP contribution in [0.5, 0.6) is 0 Å². The van der Waals surface area contributed by atoms with Crippen LogP contribution < -0.4 is 11.1 Å². The predicted molar refractivity (Wildman–Crippen MR) is 38.8 cm³/mol. The number of hydrogen-bond donors (Lipinski definition) is 2. The fourth-order valence-corrected chi connectivity index (χ4v) is 0.517. The van der Waals surface area contributed by atoms with Gasteiger partial charge in [-0.2, -0.15) is 0 Å². The molecule has 5 nitrogen and oxygen atoms in total. The first-order valence-electron chi connectivity index (χ1n) is 3.17. The van der Waals surface area contributed by atoms with E-state index in [9.17, 15) is 4.79 Å². The lowest BCUT2D eigenvalue weighted by molar-refractivity contribution is -0.117. The van der Waals surface area contributed by atoms with Gasteiger partial charge in [0.25, 0.3) is 0 Å². The molecule has 0 spiro atoms. The third kappa shape index (κ3) is 2.05. The van der Waals surface area contributed by atoms with Gasteiger partial charge in [0, 0.05) is 6.07 Å². The summed E-state index contributed by atoms with van der Waals surface area (Å²) in [7, 11) is 0. The molecule has 3 N–H and O–H groups in total. The molecule has 60 valence electrons. The third-order valence-electron chi connectivity index (χ3n) is 1.10. The summed E-state index contributed by atoms with van der Waals surface area (Å²) in [6.07, 6.45) is 1.37. The Morgan fingerprint density at radius 2 is 2.64 bits per heavy atom. The summed E-state index contributed by atoms with van der Waals surface area (Å²) in [5.74, 6) is 0.103. The fourth-order valence-electron chi connectivity index (χ4n) is 0.517. The molecule has 11 heavy (non-hydrogen) atoms. The molecule has 0 aliphatic heterocycles. The van der Waals surface area contributed by atoms with Crippen LogP contribution in [0.15, 0.2) is 16.9 Å². The van der Waals surface area contributed by atoms with Gasteiger partial charge in [-0.1, -0.05) is 5.16 Å². The van der Waals surface area contributed by atoms with Gasteiger partial charge in [0.2, 0.25) is 5.91 Å². The standard InChI is InChI=1S/C6H9N3O2/c1-4(7)6(10)8-5-2-3-11-9-5/h2-4H,7H2,1H3,(H,8,9,10). The molecule has 5 heteroatoms. The molecular formula is C6H9N3O2. The first-order valence-corrected chi connectivity index (χ1v) is 3.17. The van der Waals surface area contributed by atoms with Crippen molar-refractivity contribution in [2.24, 2.45) is 5.73 Å². The Hall–Kier alpha value is -1.36. The van der Waals surface area contributed by atoms with E-state index >= 15 is 0 Å². The number of carbonyl (C=O) groups is 1. The van der Waals surface area contributed by atoms with Gasteiger partial charge in [0.15, 0.2) is 5.82 Å². The number of nitrogens with zero attached hydrogens (tertiary/aromatic N) is 1. The minimum atomic E-state index is -0.535. The maximum absolute atomic E-state index is 10.9. The van der Waals surface area contributed by atoms with Crippen molar-refractivity contribution >= 4 is 11.7 Å². The van der Waals surface area contributed by atoms with Crippen molar-refractivity contribution in [1.29, 1.82) is 0 Å². The lowest BCUT2D eigenvalue weighted by atomic mass is 10.3. The van der Waals surface area contributed by atoms with E-state index in [1.807, 2.05) is 0 Å². The third-order valence-corrected chi connectivity index (χ3v) is 1.10. The molecule has 1 heterocycles. The maximum Gasteiger partial charge on any atom is 0.242 e. The SMILES string of the molecule is CC(N)C(=O)Nc1ccon1. The van der Waals surface area contributed by atoms with Crippen LogP contribution in [0.1, 0.15) is 6.92 Å². The Morgan fingerprint density at radius 3 is 3.09 bits per heavy atom. The van der Waals surface area contributed by atoms with Gasteiger partial charge in [-0.15, -0.1) is 0 Å². The van der Waals surface area contributed by atoms with E-state index in [2.05, 4.69) is 15.0 Å². The number of nitrogens with one attached hydrogen (secondary N) is 1. The van der Waals surface area contributed by atoms with Crippen molar-refractivity contribution in [1.82, 2.24) is 5.16 Å². The second-order valence-corrected chi connectivity index (χ2v) is 2.16. The molecule has 0 aliphatic rings. The van der Waals surface area contributed by atoms with Crippen molar-refractivity contribution in [3.8, 4) is 0 Å². The van der Waals surface area contributed by atoms with Gasteiger partial charge < -0.3 is 15.6 Å². The number of rotatable bonds is 2. The van der Waals surface area contributed by atoms with Crippen molar-refractivity contribution in [3.63, 3.8) is 0 Å². The molecule has 0 fully saturated rings. The highest BCUT2D eigenvalue weighted by Gasteiger charge is 2.07. The van der Waals surface area contributed by atoms with Crippen LogP contribution in [0.3, 0.4) is 0 Å². The quantitative estimate of drug-likeness (QED) is 0.627. The molecule has 0 radical (unpaired) electrons. The van der Waals surface area contributed by atoms with Crippen LogP contribution in [0.4, 0.5) is 5.82 Å². The average molecular weight is 155 g/mol. The normalized spacial score (nSPS) is 12.5. The number of carbonyl (C=O) groups excluding carboxylic acids is 1. The first-order chi connectivity index (χ1) is 5.20. The van der Waals surface area contributed by atoms with Crippen molar-refractivity contribution in [3.05, 3.63) is 12.3 Å². The van der Waals surface area contributed by atoms with E-state index in [0.717, 1.165) is 0 Å². The molecule has 0 bridgehead atoms. The van der Waals surface area contributed by atoms with E-state index in [4.69, 9.17) is 5.73 Å². The molecule has 1 unspecified atom stereocenters. The zero-order valence-electron chi connectivity index (χ0n) is 6.07. The highest BCUT2D eigenvalue weighted by molar-refractivity contribution is 5.93. The van der Waals surface area contributed by atoms with Gasteiger partial charge in [0.05, 0.1) is 6.04 Å². The molecule has 0 saturated heterocycles. The zero-order valence-corrected chi connectivity index (χ0v) is 6.07. The van der Waals surface area contributed by atoms with Crippen LogP contribution in [-0.2, 0) is 4.79 Å². The van der Waals surface area contributed by atoms with Crippen molar-refractivity contribution in [2.45, 2.75) is 13.0 Å². The summed E-state index contributed by atoms with van der Waals surface area (Å²) in [5.41, 5.74) is 5.28. The minimum Gasteiger partial charge on any atom is -0.363 e. The van der Waals surface area contributed by atoms with Gasteiger partial charge in [-0.3, -0.25) is 4.79 Å². The van der Waals surface area contributed by atoms with Gasteiger partial charge in [0.1, 0.15) is 6.26 Å². The van der Waals surface area contributed by atoms with E-state index in [1.165, 1.54) is 6.26 Å². The maximum atomic E-state index is 10.9. The molecule has 0 aliphatic carbocycles. The molecule has 1 aromatic heterocycles. The predicted octanol–water partition coefficient (Wildman–Crippen LogP) is -0.0397. The Bertz CT molecular complexity index is 230. The summed E-state index contributed by atoms with van der Waals surface area (Å²) in [5, 5.41) is 5.93. The highest BCUT2D eigenvalue weighted by Crippen LogP contribution is 2.00. The fraction of sp³-hybridized carbons (Fsp3) is 0.333. The molecule has 1 rings (SSSR count). The first kappa shape index (κ1) is 7.74. The summed E-state index contributed by atoms with van der Waals surface area (Å²) in [6.45, 7) is 1.59. The molecule has 1 atom stereocenters.